The van der Waals surface area contributed by atoms with E-state index in [2.05, 4.69) is 5.32 Å². The third-order valence-corrected chi connectivity index (χ3v) is 5.42. The van der Waals surface area contributed by atoms with Crippen LogP contribution in [0.5, 0.6) is 0 Å². The van der Waals surface area contributed by atoms with Gasteiger partial charge in [0, 0.05) is 24.2 Å². The first-order valence-electron chi connectivity index (χ1n) is 11.2. The van der Waals surface area contributed by atoms with Crippen molar-refractivity contribution >= 4 is 5.97 Å². The zero-order valence-corrected chi connectivity index (χ0v) is 20.2. The van der Waals surface area contributed by atoms with Crippen molar-refractivity contribution in [2.45, 2.75) is 19.0 Å². The third-order valence-electron chi connectivity index (χ3n) is 5.42. The summed E-state index contributed by atoms with van der Waals surface area (Å²) < 4.78 is 1.84. The maximum atomic E-state index is 11.8. The molecule has 10 radical (unpaired) electrons. The normalized spacial score (nSPS) is 16.2. The smallest absolute Gasteiger partial charge is 0.480 e. The second-order valence-corrected chi connectivity index (χ2v) is 7.88. The second kappa shape index (κ2) is 14.2. The van der Waals surface area contributed by atoms with E-state index in [1.807, 2.05) is 129 Å². The zero-order chi connectivity index (χ0) is 23.6. The quantitative estimate of drug-likeness (QED) is 0.445. The predicted octanol–water partition coefficient (Wildman–Crippen LogP) is 4.43. The number of hydrogen-bond donors (Lipinski definition) is 2. The van der Waals surface area contributed by atoms with Crippen molar-refractivity contribution < 1.29 is 27.0 Å². The Kier molecular flexibility index (Phi) is 11.1. The van der Waals surface area contributed by atoms with Gasteiger partial charge in [0.05, 0.1) is 11.4 Å². The Balaban J connectivity index is 0.000000509. The van der Waals surface area contributed by atoms with Crippen molar-refractivity contribution in [3.8, 4) is 5.69 Å². The summed E-state index contributed by atoms with van der Waals surface area (Å²) >= 11 is 0. The fraction of sp³-hybridized carbons (Fsp3) is 0.103. The summed E-state index contributed by atoms with van der Waals surface area (Å²) in [6.45, 7) is 0.414. The first-order chi connectivity index (χ1) is 16.7. The summed E-state index contributed by atoms with van der Waals surface area (Å²) in [4.78, 5) is 11.8. The maximum absolute atomic E-state index is 11.8. The van der Waals surface area contributed by atoms with Crippen LogP contribution in [0.3, 0.4) is 0 Å². The van der Waals surface area contributed by atoms with Crippen molar-refractivity contribution in [1.82, 2.24) is 15.1 Å². The molecule has 2 aromatic carbocycles. The van der Waals surface area contributed by atoms with Gasteiger partial charge in [-0.05, 0) is 81.9 Å². The Bertz CT molecular complexity index is 1010. The minimum Gasteiger partial charge on any atom is -0.480 e. The number of para-hydroxylation sites is 1. The topological polar surface area (TPSA) is 67.2 Å². The van der Waals surface area contributed by atoms with Crippen LogP contribution in [0.15, 0.2) is 66.9 Å². The Morgan fingerprint density at radius 3 is 2.00 bits per heavy atom. The van der Waals surface area contributed by atoms with Crippen molar-refractivity contribution in [2.24, 2.45) is 0 Å². The number of hydrogen-bond acceptors (Lipinski definition) is 3. The third kappa shape index (κ3) is 8.06. The zero-order valence-electron chi connectivity index (χ0n) is 19.1. The van der Waals surface area contributed by atoms with Crippen LogP contribution in [0.1, 0.15) is 16.8 Å². The van der Waals surface area contributed by atoms with Crippen LogP contribution in [0.25, 0.3) is 5.69 Å². The molecule has 0 spiro atoms. The summed E-state index contributed by atoms with van der Waals surface area (Å²) in [6.07, 6.45) is 20.4. The number of rotatable bonds is 8. The molecule has 2 aliphatic carbocycles. The van der Waals surface area contributed by atoms with E-state index in [1.54, 1.807) is 0 Å². The standard InChI is InChI=1S/C24H22N3O2.C5H5.Fe/c28-24(29)22(15-18-9-3-1-4-10-18)25-16-20-17-27(21-13-5-2-6-14-21)26-23(20)19-11-7-8-12-19;1-2-4-5-3-1;/h1-14,17,22,25H,15-16H2,(H,28,29);1-5H;/q;;+2/t22-;;/m0../s1. The van der Waals surface area contributed by atoms with Crippen LogP contribution in [0.2, 0.25) is 0 Å². The summed E-state index contributed by atoms with van der Waals surface area (Å²) in [5.41, 5.74) is 3.77. The van der Waals surface area contributed by atoms with Crippen LogP contribution in [0.4, 0.5) is 0 Å². The van der Waals surface area contributed by atoms with Gasteiger partial charge in [0.2, 0.25) is 0 Å². The molecular weight excluding hydrogens is 478 g/mol. The van der Waals surface area contributed by atoms with Gasteiger partial charge in [0.25, 0.3) is 0 Å². The summed E-state index contributed by atoms with van der Waals surface area (Å²) in [5, 5.41) is 17.6. The molecule has 1 atom stereocenters. The van der Waals surface area contributed by atoms with E-state index in [1.165, 1.54) is 0 Å². The number of benzene rings is 2. The number of aromatic nitrogens is 2. The van der Waals surface area contributed by atoms with E-state index in [9.17, 15) is 9.90 Å². The molecule has 5 rings (SSSR count). The van der Waals surface area contributed by atoms with Crippen LogP contribution >= 0.6 is 0 Å². The number of nitrogens with one attached hydrogen (secondary N) is 1. The molecule has 0 saturated heterocycles. The van der Waals surface area contributed by atoms with E-state index in [0.717, 1.165) is 28.4 Å². The molecule has 3 aromatic rings. The van der Waals surface area contributed by atoms with Gasteiger partial charge in [-0.25, -0.2) is 4.68 Å². The summed E-state index contributed by atoms with van der Waals surface area (Å²) in [6, 6.07) is 18.9. The monoisotopic (exact) mass is 505 g/mol. The van der Waals surface area contributed by atoms with Gasteiger partial charge in [-0.15, -0.1) is 0 Å². The van der Waals surface area contributed by atoms with Gasteiger partial charge in [-0.3, -0.25) is 10.1 Å². The fourth-order valence-electron chi connectivity index (χ4n) is 3.68. The van der Waals surface area contributed by atoms with E-state index >= 15 is 0 Å². The number of aliphatic carboxylic acids is 1. The molecule has 35 heavy (non-hydrogen) atoms. The first-order valence-corrected chi connectivity index (χ1v) is 11.2. The molecule has 5 nitrogen and oxygen atoms in total. The number of nitrogens with zero attached hydrogens (tertiary/aromatic N) is 2. The van der Waals surface area contributed by atoms with Gasteiger partial charge in [-0.2, -0.15) is 5.10 Å². The molecular formula is C29H27FeN3O2+2. The van der Waals surface area contributed by atoms with E-state index in [0.29, 0.717) is 13.0 Å². The molecule has 2 aliphatic rings. The van der Waals surface area contributed by atoms with Gasteiger partial charge in [-0.1, -0.05) is 48.5 Å². The summed E-state index contributed by atoms with van der Waals surface area (Å²) in [5.74, 6) is 0.158. The van der Waals surface area contributed by atoms with Crippen LogP contribution in [0, 0.1) is 63.7 Å². The minimum absolute atomic E-state index is 0. The molecule has 1 heterocycles. The van der Waals surface area contributed by atoms with E-state index in [-0.39, 0.29) is 17.1 Å². The van der Waals surface area contributed by atoms with Crippen LogP contribution in [-0.4, -0.2) is 26.9 Å². The first kappa shape index (κ1) is 27.2. The second-order valence-electron chi connectivity index (χ2n) is 7.88. The number of carboxylic acid groups (broad SMARTS) is 1. The molecule has 6 heteroatoms. The fourth-order valence-corrected chi connectivity index (χ4v) is 3.68. The van der Waals surface area contributed by atoms with Gasteiger partial charge in [0.15, 0.2) is 0 Å². The van der Waals surface area contributed by atoms with E-state index in [4.69, 9.17) is 5.10 Å². The molecule has 176 valence electrons. The SMILES string of the molecule is O=C(O)[C@H](Cc1ccccc1)NCc1cn(-c2ccccc2)nc1[C]1[CH][CH][CH][CH]1.[CH]1[CH][CH][CH][CH]1.[Fe+2]. The van der Waals surface area contributed by atoms with Gasteiger partial charge < -0.3 is 5.11 Å². The molecule has 0 bridgehead atoms. The largest absolute Gasteiger partial charge is 2.00 e. The molecule has 0 unspecified atom stereocenters. The predicted molar refractivity (Wildman–Crippen MR) is 133 cm³/mol. The Labute approximate surface area is 219 Å². The molecule has 1 aromatic heterocycles. The van der Waals surface area contributed by atoms with Crippen LogP contribution in [-0.2, 0) is 34.8 Å². The Morgan fingerprint density at radius 2 is 1.43 bits per heavy atom. The van der Waals surface area contributed by atoms with Crippen LogP contribution < -0.4 is 5.32 Å². The van der Waals surface area contributed by atoms with Gasteiger partial charge >= 0.3 is 23.0 Å². The molecule has 0 amide bonds. The number of carboxylic acids is 1. The van der Waals surface area contributed by atoms with E-state index < -0.39 is 12.0 Å². The maximum Gasteiger partial charge on any atom is 2.00 e. The van der Waals surface area contributed by atoms with Crippen molar-refractivity contribution in [3.63, 3.8) is 0 Å². The average Bonchev–Trinajstić information content (AvgIpc) is 3.66. The minimum atomic E-state index is -0.862. The Hall–Kier alpha value is -2.40. The molecule has 2 fully saturated rings. The molecule has 2 saturated carbocycles. The van der Waals surface area contributed by atoms with Crippen molar-refractivity contribution in [2.75, 3.05) is 0 Å². The number of carbonyl (C=O) groups is 1. The Morgan fingerprint density at radius 1 is 0.857 bits per heavy atom. The summed E-state index contributed by atoms with van der Waals surface area (Å²) in [7, 11) is 0. The van der Waals surface area contributed by atoms with Crippen molar-refractivity contribution in [1.29, 1.82) is 0 Å². The average molecular weight is 505 g/mol. The molecule has 0 aliphatic heterocycles. The van der Waals surface area contributed by atoms with Crippen molar-refractivity contribution in [3.05, 3.63) is 147 Å². The van der Waals surface area contributed by atoms with Gasteiger partial charge in [0.1, 0.15) is 6.04 Å². The molecule has 2 N–H and O–H groups in total.